The van der Waals surface area contributed by atoms with E-state index < -0.39 is 0 Å². The lowest BCUT2D eigenvalue weighted by Crippen LogP contribution is -2.18. The summed E-state index contributed by atoms with van der Waals surface area (Å²) in [4.78, 5) is 0. The molecule has 1 heterocycles. The van der Waals surface area contributed by atoms with Crippen LogP contribution >= 0.6 is 11.8 Å². The van der Waals surface area contributed by atoms with Crippen LogP contribution < -0.4 is 5.32 Å². The highest BCUT2D eigenvalue weighted by atomic mass is 32.2. The Bertz CT molecular complexity index is 90.4. The van der Waals surface area contributed by atoms with Crippen molar-refractivity contribution in [2.45, 2.75) is 6.04 Å². The topological polar surface area (TPSA) is 35.8 Å². The molecule has 0 bridgehead atoms. The lowest BCUT2D eigenvalue weighted by molar-refractivity contribution is 0.806. The Kier molecular flexibility index (Phi) is 1.55. The first-order chi connectivity index (χ1) is 3.43. The molecular formula is C4H5N2S. The van der Waals surface area contributed by atoms with Crippen LogP contribution in [-0.2, 0) is 0 Å². The number of nitrogens with one attached hydrogen (secondary N) is 1. The second kappa shape index (κ2) is 2.20. The summed E-state index contributed by atoms with van der Waals surface area (Å²) in [7, 11) is 0. The number of rotatable bonds is 0. The molecule has 0 aliphatic carbocycles. The summed E-state index contributed by atoms with van der Waals surface area (Å²) in [5.74, 6) is 2.75. The van der Waals surface area contributed by atoms with E-state index in [1.54, 1.807) is 11.8 Å². The van der Waals surface area contributed by atoms with Gasteiger partial charge in [-0.05, 0) is 0 Å². The van der Waals surface area contributed by atoms with Gasteiger partial charge in [-0.25, -0.2) is 0 Å². The zero-order chi connectivity index (χ0) is 5.11. The van der Waals surface area contributed by atoms with Crippen molar-refractivity contribution >= 4 is 11.8 Å². The molecule has 0 saturated carbocycles. The zero-order valence-corrected chi connectivity index (χ0v) is 4.53. The molecular weight excluding hydrogens is 108 g/mol. The molecule has 0 aromatic heterocycles. The van der Waals surface area contributed by atoms with Crippen LogP contribution in [0.15, 0.2) is 0 Å². The number of thioether (sulfide) groups is 1. The van der Waals surface area contributed by atoms with E-state index in [9.17, 15) is 0 Å². The fourth-order valence-electron chi connectivity index (χ4n) is 0.397. The molecule has 0 aromatic carbocycles. The maximum Gasteiger partial charge on any atom is 0.105 e. The monoisotopic (exact) mass is 113 g/mol. The molecule has 2 nitrogen and oxygen atoms in total. The normalized spacial score (nSPS) is 29.9. The summed E-state index contributed by atoms with van der Waals surface area (Å²) < 4.78 is 0. The van der Waals surface area contributed by atoms with Crippen molar-refractivity contribution in [1.82, 2.24) is 5.32 Å². The Morgan fingerprint density at radius 1 is 2.00 bits per heavy atom. The van der Waals surface area contributed by atoms with Crippen molar-refractivity contribution in [3.63, 3.8) is 0 Å². The van der Waals surface area contributed by atoms with Gasteiger partial charge in [0.2, 0.25) is 0 Å². The molecule has 1 rings (SSSR count). The van der Waals surface area contributed by atoms with Gasteiger partial charge in [0.1, 0.15) is 6.04 Å². The average molecular weight is 113 g/mol. The van der Waals surface area contributed by atoms with Gasteiger partial charge in [0.25, 0.3) is 0 Å². The minimum Gasteiger partial charge on any atom is -0.287 e. The van der Waals surface area contributed by atoms with Crippen molar-refractivity contribution in [3.05, 3.63) is 5.88 Å². The van der Waals surface area contributed by atoms with Gasteiger partial charge in [-0.3, -0.25) is 5.32 Å². The van der Waals surface area contributed by atoms with E-state index in [1.807, 2.05) is 5.88 Å². The van der Waals surface area contributed by atoms with Crippen molar-refractivity contribution < 1.29 is 0 Å². The predicted molar refractivity (Wildman–Crippen MR) is 29.3 cm³/mol. The lowest BCUT2D eigenvalue weighted by atomic mass is 10.4. The van der Waals surface area contributed by atoms with E-state index in [4.69, 9.17) is 5.26 Å². The van der Waals surface area contributed by atoms with Crippen LogP contribution in [0.2, 0.25) is 0 Å². The largest absolute Gasteiger partial charge is 0.287 e. The quantitative estimate of drug-likeness (QED) is 0.492. The van der Waals surface area contributed by atoms with E-state index in [0.29, 0.717) is 0 Å². The van der Waals surface area contributed by atoms with E-state index in [0.717, 1.165) is 5.75 Å². The summed E-state index contributed by atoms with van der Waals surface area (Å²) in [5, 5.41) is 11.1. The molecule has 1 aliphatic heterocycles. The fraction of sp³-hybridized carbons (Fsp3) is 0.500. The highest BCUT2D eigenvalue weighted by Gasteiger charge is 2.11. The fourth-order valence-corrected chi connectivity index (χ4v) is 1.12. The minimum atomic E-state index is 0.0602. The average Bonchev–Trinajstić information content (AvgIpc) is 2.14. The van der Waals surface area contributed by atoms with Crippen LogP contribution in [0.1, 0.15) is 0 Å². The van der Waals surface area contributed by atoms with Crippen molar-refractivity contribution in [2.75, 3.05) is 5.75 Å². The molecule has 1 N–H and O–H groups in total. The number of hydrogen-bond acceptors (Lipinski definition) is 3. The van der Waals surface area contributed by atoms with Gasteiger partial charge in [-0.2, -0.15) is 5.26 Å². The Morgan fingerprint density at radius 2 is 2.86 bits per heavy atom. The van der Waals surface area contributed by atoms with Gasteiger partial charge in [0, 0.05) is 5.75 Å². The molecule has 0 aromatic rings. The summed E-state index contributed by atoms with van der Waals surface area (Å²) >= 11 is 1.65. The van der Waals surface area contributed by atoms with Crippen LogP contribution in [0.4, 0.5) is 0 Å². The maximum atomic E-state index is 8.22. The van der Waals surface area contributed by atoms with Crippen LogP contribution in [0.25, 0.3) is 0 Å². The third-order valence-corrected chi connectivity index (χ3v) is 1.60. The zero-order valence-electron chi connectivity index (χ0n) is 3.72. The van der Waals surface area contributed by atoms with Crippen LogP contribution in [0, 0.1) is 17.2 Å². The van der Waals surface area contributed by atoms with Crippen LogP contribution in [0.3, 0.4) is 0 Å². The smallest absolute Gasteiger partial charge is 0.105 e. The number of hydrogen-bond donors (Lipinski definition) is 1. The summed E-state index contributed by atoms with van der Waals surface area (Å²) in [6.07, 6.45) is 0. The third kappa shape index (κ3) is 1.08. The highest BCUT2D eigenvalue weighted by molar-refractivity contribution is 8.01. The van der Waals surface area contributed by atoms with Gasteiger partial charge < -0.3 is 0 Å². The van der Waals surface area contributed by atoms with Gasteiger partial charge in [0.15, 0.2) is 0 Å². The van der Waals surface area contributed by atoms with Gasteiger partial charge >= 0.3 is 0 Å². The van der Waals surface area contributed by atoms with Gasteiger partial charge in [-0.15, -0.1) is 11.8 Å². The molecule has 1 fully saturated rings. The first kappa shape index (κ1) is 4.95. The molecule has 37 valence electrons. The molecule has 1 aliphatic rings. The number of nitriles is 1. The first-order valence-corrected chi connectivity index (χ1v) is 3.07. The second-order valence-electron chi connectivity index (χ2n) is 1.30. The number of nitrogens with zero attached hydrogens (tertiary/aromatic N) is 1. The summed E-state index contributed by atoms with van der Waals surface area (Å²) in [6, 6.07) is 2.16. The Labute approximate surface area is 46.9 Å². The van der Waals surface area contributed by atoms with Crippen LogP contribution in [-0.4, -0.2) is 11.8 Å². The molecule has 1 unspecified atom stereocenters. The first-order valence-electron chi connectivity index (χ1n) is 2.02. The molecule has 0 spiro atoms. The lowest BCUT2D eigenvalue weighted by Gasteiger charge is -1.89. The van der Waals surface area contributed by atoms with Crippen molar-refractivity contribution in [2.24, 2.45) is 0 Å². The Hall–Kier alpha value is -0.200. The maximum absolute atomic E-state index is 8.22. The molecule has 1 atom stereocenters. The Balaban J connectivity index is 2.31. The van der Waals surface area contributed by atoms with Crippen LogP contribution in [0.5, 0.6) is 0 Å². The van der Waals surface area contributed by atoms with Gasteiger partial charge in [0.05, 0.1) is 11.9 Å². The molecule has 7 heavy (non-hydrogen) atoms. The van der Waals surface area contributed by atoms with E-state index in [-0.39, 0.29) is 6.04 Å². The SMILES string of the molecule is N#CC1CS[CH]N1. The predicted octanol–water partition coefficient (Wildman–Crippen LogP) is 0.334. The third-order valence-electron chi connectivity index (χ3n) is 0.771. The summed E-state index contributed by atoms with van der Waals surface area (Å²) in [5.41, 5.74) is 0. The molecule has 0 amide bonds. The molecule has 3 heteroatoms. The van der Waals surface area contributed by atoms with E-state index in [2.05, 4.69) is 11.4 Å². The highest BCUT2D eigenvalue weighted by Crippen LogP contribution is 2.12. The molecule has 1 radical (unpaired) electrons. The summed E-state index contributed by atoms with van der Waals surface area (Å²) in [6.45, 7) is 0. The molecule has 1 saturated heterocycles. The van der Waals surface area contributed by atoms with Crippen molar-refractivity contribution in [1.29, 1.82) is 5.26 Å². The van der Waals surface area contributed by atoms with E-state index >= 15 is 0 Å². The van der Waals surface area contributed by atoms with Crippen molar-refractivity contribution in [3.8, 4) is 6.07 Å². The van der Waals surface area contributed by atoms with Gasteiger partial charge in [-0.1, -0.05) is 0 Å². The minimum absolute atomic E-state index is 0.0602. The van der Waals surface area contributed by atoms with E-state index in [1.165, 1.54) is 0 Å². The standard InChI is InChI=1S/C4H5N2S/c5-1-4-2-7-3-6-4/h3-4,6H,2H2. The Morgan fingerprint density at radius 3 is 3.14 bits per heavy atom. The second-order valence-corrected chi connectivity index (χ2v) is 2.20.